The number of ether oxygens (including phenoxy) is 1. The highest BCUT2D eigenvalue weighted by molar-refractivity contribution is 7.16. The Morgan fingerprint density at radius 2 is 2.36 bits per heavy atom. The zero-order chi connectivity index (χ0) is 7.68. The molecule has 0 aliphatic carbocycles. The predicted octanol–water partition coefficient (Wildman–Crippen LogP) is 1.09. The minimum atomic E-state index is 0.529. The van der Waals surface area contributed by atoms with Gasteiger partial charge in [0.05, 0.1) is 18.8 Å². The number of aromatic nitrogens is 3. The highest BCUT2D eigenvalue weighted by Crippen LogP contribution is 2.15. The van der Waals surface area contributed by atoms with Crippen molar-refractivity contribution in [3.8, 4) is 5.88 Å². The van der Waals surface area contributed by atoms with Gasteiger partial charge in [0.25, 0.3) is 0 Å². The van der Waals surface area contributed by atoms with Crippen LogP contribution in [0.4, 0.5) is 0 Å². The maximum Gasteiger partial charge on any atom is 0.233 e. The molecule has 0 atom stereocenters. The molecule has 0 saturated carbocycles. The topological polar surface area (TPSA) is 47.9 Å². The molecule has 0 bridgehead atoms. The number of methoxy groups -OCH3 is 1. The summed E-state index contributed by atoms with van der Waals surface area (Å²) in [6, 6.07) is 0. The van der Waals surface area contributed by atoms with E-state index in [1.165, 1.54) is 11.3 Å². The largest absolute Gasteiger partial charge is 0.480 e. The molecule has 0 aliphatic rings. The molecule has 2 aromatic rings. The van der Waals surface area contributed by atoms with Crippen LogP contribution in [-0.4, -0.2) is 22.1 Å². The van der Waals surface area contributed by atoms with Crippen LogP contribution >= 0.6 is 11.3 Å². The van der Waals surface area contributed by atoms with Crippen molar-refractivity contribution < 1.29 is 4.74 Å². The lowest BCUT2D eigenvalue weighted by atomic mass is 10.7. The third-order valence-corrected chi connectivity index (χ3v) is 1.96. The Labute approximate surface area is 66.9 Å². The molecule has 0 saturated heterocycles. The van der Waals surface area contributed by atoms with Crippen molar-refractivity contribution in [3.05, 3.63) is 11.7 Å². The van der Waals surface area contributed by atoms with Gasteiger partial charge in [-0.3, -0.25) is 0 Å². The Bertz CT molecular complexity index is 373. The summed E-state index contributed by atoms with van der Waals surface area (Å²) in [6.45, 7) is 0. The van der Waals surface area contributed by atoms with E-state index in [1.54, 1.807) is 18.8 Å². The summed E-state index contributed by atoms with van der Waals surface area (Å²) in [7, 11) is 1.57. The molecule has 56 valence electrons. The van der Waals surface area contributed by atoms with E-state index in [2.05, 4.69) is 15.0 Å². The highest BCUT2D eigenvalue weighted by Gasteiger charge is 2.00. The summed E-state index contributed by atoms with van der Waals surface area (Å²) in [5, 5.41) is 0. The molecule has 0 aliphatic heterocycles. The van der Waals surface area contributed by atoms with Crippen LogP contribution in [0, 0.1) is 0 Å². The van der Waals surface area contributed by atoms with Crippen LogP contribution in [0.3, 0.4) is 0 Å². The van der Waals surface area contributed by atoms with Crippen molar-refractivity contribution in [2.45, 2.75) is 0 Å². The minimum Gasteiger partial charge on any atom is -0.480 e. The van der Waals surface area contributed by atoms with Gasteiger partial charge in [-0.2, -0.15) is 4.98 Å². The summed E-state index contributed by atoms with van der Waals surface area (Å²) < 4.78 is 4.90. The van der Waals surface area contributed by atoms with E-state index in [9.17, 15) is 0 Å². The van der Waals surface area contributed by atoms with Gasteiger partial charge < -0.3 is 4.74 Å². The van der Waals surface area contributed by atoms with Crippen molar-refractivity contribution in [3.63, 3.8) is 0 Å². The summed E-state index contributed by atoms with van der Waals surface area (Å²) in [5.74, 6) is 0.529. The average Bonchev–Trinajstić information content (AvgIpc) is 2.50. The molecule has 2 aromatic heterocycles. The molecule has 2 rings (SSSR count). The molecule has 0 amide bonds. The Hall–Kier alpha value is -1.23. The SMILES string of the molecule is COc1cnc2ncsc2n1. The predicted molar refractivity (Wildman–Crippen MR) is 41.8 cm³/mol. The van der Waals surface area contributed by atoms with Crippen LogP contribution in [0.15, 0.2) is 11.7 Å². The van der Waals surface area contributed by atoms with Crippen LogP contribution in [0.2, 0.25) is 0 Å². The zero-order valence-corrected chi connectivity index (χ0v) is 6.63. The van der Waals surface area contributed by atoms with Gasteiger partial charge in [0.2, 0.25) is 5.88 Å². The van der Waals surface area contributed by atoms with Crippen molar-refractivity contribution >= 4 is 21.8 Å². The smallest absolute Gasteiger partial charge is 0.233 e. The van der Waals surface area contributed by atoms with Crippen LogP contribution in [-0.2, 0) is 0 Å². The van der Waals surface area contributed by atoms with Gasteiger partial charge in [-0.1, -0.05) is 0 Å². The molecular formula is C6H5N3OS. The first-order chi connectivity index (χ1) is 5.40. The second-order valence-electron chi connectivity index (χ2n) is 1.89. The Balaban J connectivity index is 2.67. The lowest BCUT2D eigenvalue weighted by Crippen LogP contribution is -1.88. The second kappa shape index (κ2) is 2.43. The fraction of sp³-hybridized carbons (Fsp3) is 0.167. The first kappa shape index (κ1) is 6.48. The van der Waals surface area contributed by atoms with Gasteiger partial charge in [0.1, 0.15) is 0 Å². The zero-order valence-electron chi connectivity index (χ0n) is 5.81. The number of rotatable bonds is 1. The van der Waals surface area contributed by atoms with E-state index < -0.39 is 0 Å². The molecule has 4 nitrogen and oxygen atoms in total. The molecule has 0 fully saturated rings. The summed E-state index contributed by atoms with van der Waals surface area (Å²) in [4.78, 5) is 12.9. The second-order valence-corrected chi connectivity index (χ2v) is 2.73. The highest BCUT2D eigenvalue weighted by atomic mass is 32.1. The fourth-order valence-corrected chi connectivity index (χ4v) is 1.35. The standard InChI is InChI=1S/C6H5N3OS/c1-10-4-2-7-5-6(9-4)11-3-8-5/h2-3H,1H3. The maximum atomic E-state index is 4.90. The molecule has 11 heavy (non-hydrogen) atoms. The summed E-state index contributed by atoms with van der Waals surface area (Å²) in [6.07, 6.45) is 1.56. The third-order valence-electron chi connectivity index (χ3n) is 1.25. The van der Waals surface area contributed by atoms with Crippen molar-refractivity contribution in [2.24, 2.45) is 0 Å². The first-order valence-electron chi connectivity index (χ1n) is 3.00. The lowest BCUT2D eigenvalue weighted by molar-refractivity contribution is 0.398. The minimum absolute atomic E-state index is 0.529. The van der Waals surface area contributed by atoms with Crippen LogP contribution in [0.5, 0.6) is 5.88 Å². The number of hydrogen-bond acceptors (Lipinski definition) is 5. The maximum absolute atomic E-state index is 4.90. The molecular weight excluding hydrogens is 162 g/mol. The van der Waals surface area contributed by atoms with Crippen LogP contribution in [0.25, 0.3) is 10.5 Å². The molecule has 2 heterocycles. The van der Waals surface area contributed by atoms with E-state index in [0.29, 0.717) is 11.5 Å². The van der Waals surface area contributed by atoms with Crippen molar-refractivity contribution in [2.75, 3.05) is 7.11 Å². The molecule has 0 radical (unpaired) electrons. The number of thiazole rings is 1. The van der Waals surface area contributed by atoms with E-state index in [4.69, 9.17) is 4.74 Å². The summed E-state index contributed by atoms with van der Waals surface area (Å²) in [5.41, 5.74) is 2.39. The van der Waals surface area contributed by atoms with E-state index in [1.807, 2.05) is 0 Å². The fourth-order valence-electron chi connectivity index (χ4n) is 0.743. The first-order valence-corrected chi connectivity index (χ1v) is 3.88. The summed E-state index contributed by atoms with van der Waals surface area (Å²) >= 11 is 1.45. The normalized spacial score (nSPS) is 10.3. The molecule has 0 aromatic carbocycles. The van der Waals surface area contributed by atoms with E-state index >= 15 is 0 Å². The van der Waals surface area contributed by atoms with Gasteiger partial charge in [-0.15, -0.1) is 11.3 Å². The Kier molecular flexibility index (Phi) is 1.43. The lowest BCUT2D eigenvalue weighted by Gasteiger charge is -1.94. The van der Waals surface area contributed by atoms with E-state index in [0.717, 1.165) is 4.83 Å². The third kappa shape index (κ3) is 1.03. The molecule has 0 spiro atoms. The van der Waals surface area contributed by atoms with Crippen LogP contribution in [0.1, 0.15) is 0 Å². The van der Waals surface area contributed by atoms with Crippen LogP contribution < -0.4 is 4.74 Å². The molecule has 5 heteroatoms. The van der Waals surface area contributed by atoms with Gasteiger partial charge in [0.15, 0.2) is 10.5 Å². The number of hydrogen-bond donors (Lipinski definition) is 0. The quantitative estimate of drug-likeness (QED) is 0.638. The Morgan fingerprint density at radius 3 is 3.18 bits per heavy atom. The Morgan fingerprint density at radius 1 is 1.45 bits per heavy atom. The van der Waals surface area contributed by atoms with Gasteiger partial charge in [-0.05, 0) is 0 Å². The monoisotopic (exact) mass is 167 g/mol. The number of fused-ring (bicyclic) bond motifs is 1. The van der Waals surface area contributed by atoms with Gasteiger partial charge in [0, 0.05) is 0 Å². The average molecular weight is 167 g/mol. The van der Waals surface area contributed by atoms with Gasteiger partial charge >= 0.3 is 0 Å². The van der Waals surface area contributed by atoms with Gasteiger partial charge in [-0.25, -0.2) is 9.97 Å². The molecule has 0 N–H and O–H groups in total. The van der Waals surface area contributed by atoms with Crippen molar-refractivity contribution in [1.82, 2.24) is 15.0 Å². The van der Waals surface area contributed by atoms with E-state index in [-0.39, 0.29) is 0 Å². The number of nitrogens with zero attached hydrogens (tertiary/aromatic N) is 3. The molecule has 0 unspecified atom stereocenters. The van der Waals surface area contributed by atoms with Crippen molar-refractivity contribution in [1.29, 1.82) is 0 Å².